The van der Waals surface area contributed by atoms with E-state index in [-0.39, 0.29) is 11.7 Å². The van der Waals surface area contributed by atoms with Gasteiger partial charge in [-0.2, -0.15) is 4.72 Å². The zero-order valence-corrected chi connectivity index (χ0v) is 10.5. The average Bonchev–Trinajstić information content (AvgIpc) is 2.50. The van der Waals surface area contributed by atoms with Crippen molar-refractivity contribution in [3.05, 3.63) is 0 Å². The Balaban J connectivity index is 2.81. The molecule has 0 amide bonds. The fourth-order valence-corrected chi connectivity index (χ4v) is 3.96. The molecule has 1 fully saturated rings. The van der Waals surface area contributed by atoms with Crippen LogP contribution in [0.3, 0.4) is 0 Å². The van der Waals surface area contributed by atoms with Gasteiger partial charge in [0.1, 0.15) is 5.54 Å². The van der Waals surface area contributed by atoms with Gasteiger partial charge >= 0.3 is 5.97 Å². The lowest BCUT2D eigenvalue weighted by Gasteiger charge is -2.25. The van der Waals surface area contributed by atoms with Crippen LogP contribution >= 0.6 is 0 Å². The van der Waals surface area contributed by atoms with Crippen LogP contribution in [0.2, 0.25) is 0 Å². The molecule has 16 heavy (non-hydrogen) atoms. The molecule has 0 aromatic carbocycles. The molecule has 6 heteroatoms. The lowest BCUT2D eigenvalue weighted by molar-refractivity contribution is -0.143. The number of sulfonamides is 1. The number of aliphatic carboxylic acids is 1. The summed E-state index contributed by atoms with van der Waals surface area (Å²) < 4.78 is 25.8. The van der Waals surface area contributed by atoms with Gasteiger partial charge in [0, 0.05) is 0 Å². The van der Waals surface area contributed by atoms with Gasteiger partial charge in [-0.05, 0) is 18.8 Å². The maximum atomic E-state index is 11.7. The maximum Gasteiger partial charge on any atom is 0.324 e. The SMILES string of the molecule is CC(C)CS(=O)(=O)NC1(C(=O)O)CCCC1. The van der Waals surface area contributed by atoms with E-state index in [1.165, 1.54) is 0 Å². The van der Waals surface area contributed by atoms with Crippen LogP contribution in [-0.2, 0) is 14.8 Å². The minimum Gasteiger partial charge on any atom is -0.480 e. The van der Waals surface area contributed by atoms with Crippen molar-refractivity contribution in [3.63, 3.8) is 0 Å². The van der Waals surface area contributed by atoms with E-state index in [2.05, 4.69) is 4.72 Å². The summed E-state index contributed by atoms with van der Waals surface area (Å²) in [5, 5.41) is 9.13. The number of carboxylic acid groups (broad SMARTS) is 1. The standard InChI is InChI=1S/C10H19NO4S/c1-8(2)7-16(14,15)11-10(9(12)13)5-3-4-6-10/h8,11H,3-7H2,1-2H3,(H,12,13). The second kappa shape index (κ2) is 4.71. The summed E-state index contributed by atoms with van der Waals surface area (Å²) >= 11 is 0. The molecule has 1 aliphatic carbocycles. The molecule has 0 aromatic rings. The van der Waals surface area contributed by atoms with Gasteiger partial charge < -0.3 is 5.11 Å². The first kappa shape index (κ1) is 13.4. The number of hydrogen-bond acceptors (Lipinski definition) is 3. The van der Waals surface area contributed by atoms with E-state index in [9.17, 15) is 13.2 Å². The summed E-state index contributed by atoms with van der Waals surface area (Å²) in [4.78, 5) is 11.2. The highest BCUT2D eigenvalue weighted by Gasteiger charge is 2.44. The Kier molecular flexibility index (Phi) is 3.96. The monoisotopic (exact) mass is 249 g/mol. The van der Waals surface area contributed by atoms with Crippen molar-refractivity contribution in [2.24, 2.45) is 5.92 Å². The van der Waals surface area contributed by atoms with Gasteiger partial charge in [0.25, 0.3) is 0 Å². The minimum atomic E-state index is -3.50. The second-order valence-electron chi connectivity index (χ2n) is 4.87. The van der Waals surface area contributed by atoms with Crippen molar-refractivity contribution >= 4 is 16.0 Å². The van der Waals surface area contributed by atoms with Crippen LogP contribution in [0.5, 0.6) is 0 Å². The van der Waals surface area contributed by atoms with Crippen LogP contribution in [-0.4, -0.2) is 30.8 Å². The van der Waals surface area contributed by atoms with E-state index in [0.717, 1.165) is 12.8 Å². The van der Waals surface area contributed by atoms with E-state index < -0.39 is 21.5 Å². The van der Waals surface area contributed by atoms with Crippen LogP contribution in [0.25, 0.3) is 0 Å². The third kappa shape index (κ3) is 3.18. The van der Waals surface area contributed by atoms with E-state index in [1.807, 2.05) is 0 Å². The predicted molar refractivity (Wildman–Crippen MR) is 60.6 cm³/mol. The van der Waals surface area contributed by atoms with Crippen LogP contribution < -0.4 is 4.72 Å². The molecule has 0 unspecified atom stereocenters. The van der Waals surface area contributed by atoms with Crippen LogP contribution in [0.4, 0.5) is 0 Å². The molecule has 0 bridgehead atoms. The lowest BCUT2D eigenvalue weighted by atomic mass is 10.0. The number of carbonyl (C=O) groups is 1. The summed E-state index contributed by atoms with van der Waals surface area (Å²) in [5.74, 6) is -1.09. The Morgan fingerprint density at radius 2 is 1.88 bits per heavy atom. The van der Waals surface area contributed by atoms with Crippen molar-refractivity contribution in [1.82, 2.24) is 4.72 Å². The molecule has 0 atom stereocenters. The normalized spacial score (nSPS) is 20.2. The summed E-state index contributed by atoms with van der Waals surface area (Å²) in [6, 6.07) is 0. The highest BCUT2D eigenvalue weighted by molar-refractivity contribution is 7.89. The molecular weight excluding hydrogens is 230 g/mol. The average molecular weight is 249 g/mol. The summed E-state index contributed by atoms with van der Waals surface area (Å²) in [6.07, 6.45) is 2.30. The van der Waals surface area contributed by atoms with E-state index in [1.54, 1.807) is 13.8 Å². The molecule has 0 spiro atoms. The Bertz CT molecular complexity index is 355. The van der Waals surface area contributed by atoms with E-state index >= 15 is 0 Å². The van der Waals surface area contributed by atoms with Gasteiger partial charge in [-0.25, -0.2) is 8.42 Å². The highest BCUT2D eigenvalue weighted by atomic mass is 32.2. The molecule has 0 saturated heterocycles. The van der Waals surface area contributed by atoms with Gasteiger partial charge in [0.15, 0.2) is 0 Å². The molecule has 2 N–H and O–H groups in total. The van der Waals surface area contributed by atoms with Crippen molar-refractivity contribution in [1.29, 1.82) is 0 Å². The van der Waals surface area contributed by atoms with Crippen LogP contribution in [0.1, 0.15) is 39.5 Å². The van der Waals surface area contributed by atoms with E-state index in [4.69, 9.17) is 5.11 Å². The fourth-order valence-electron chi connectivity index (χ4n) is 2.12. The zero-order chi connectivity index (χ0) is 12.4. The molecule has 5 nitrogen and oxygen atoms in total. The van der Waals surface area contributed by atoms with Crippen LogP contribution in [0.15, 0.2) is 0 Å². The molecule has 0 aromatic heterocycles. The second-order valence-corrected chi connectivity index (χ2v) is 6.64. The first-order chi connectivity index (χ1) is 7.27. The number of rotatable bonds is 5. The number of hydrogen-bond donors (Lipinski definition) is 2. The van der Waals surface area contributed by atoms with Gasteiger partial charge in [0.05, 0.1) is 5.75 Å². The summed E-state index contributed by atoms with van der Waals surface area (Å²) in [6.45, 7) is 3.59. The zero-order valence-electron chi connectivity index (χ0n) is 9.69. The smallest absolute Gasteiger partial charge is 0.324 e. The highest BCUT2D eigenvalue weighted by Crippen LogP contribution is 2.30. The van der Waals surface area contributed by atoms with Gasteiger partial charge in [0.2, 0.25) is 10.0 Å². The van der Waals surface area contributed by atoms with Gasteiger partial charge in [-0.15, -0.1) is 0 Å². The number of nitrogens with one attached hydrogen (secondary N) is 1. The first-order valence-corrected chi connectivity index (χ1v) is 7.18. The minimum absolute atomic E-state index is 0.00949. The maximum absolute atomic E-state index is 11.7. The third-order valence-corrected chi connectivity index (χ3v) is 4.58. The molecule has 1 rings (SSSR count). The van der Waals surface area contributed by atoms with Crippen molar-refractivity contribution in [2.75, 3.05) is 5.75 Å². The third-order valence-electron chi connectivity index (χ3n) is 2.77. The predicted octanol–water partition coefficient (Wildman–Crippen LogP) is 0.959. The fraction of sp³-hybridized carbons (Fsp3) is 0.900. The lowest BCUT2D eigenvalue weighted by Crippen LogP contribution is -2.53. The van der Waals surface area contributed by atoms with Crippen molar-refractivity contribution in [2.45, 2.75) is 45.1 Å². The molecule has 0 radical (unpaired) electrons. The Labute approximate surface area is 96.3 Å². The van der Waals surface area contributed by atoms with Gasteiger partial charge in [-0.1, -0.05) is 26.7 Å². The molecule has 1 saturated carbocycles. The summed E-state index contributed by atoms with van der Waals surface area (Å²) in [5.41, 5.74) is -1.26. The molecule has 0 aliphatic heterocycles. The van der Waals surface area contributed by atoms with E-state index in [0.29, 0.717) is 12.8 Å². The molecule has 0 heterocycles. The Morgan fingerprint density at radius 1 is 1.38 bits per heavy atom. The quantitative estimate of drug-likeness (QED) is 0.760. The molecule has 94 valence electrons. The first-order valence-electron chi connectivity index (χ1n) is 5.52. The van der Waals surface area contributed by atoms with Crippen LogP contribution in [0, 0.1) is 5.92 Å². The number of carboxylic acids is 1. The van der Waals surface area contributed by atoms with Gasteiger partial charge in [-0.3, -0.25) is 4.79 Å². The topological polar surface area (TPSA) is 83.5 Å². The van der Waals surface area contributed by atoms with Crippen molar-refractivity contribution < 1.29 is 18.3 Å². The van der Waals surface area contributed by atoms with Crippen molar-refractivity contribution in [3.8, 4) is 0 Å². The Hall–Kier alpha value is -0.620. The Morgan fingerprint density at radius 3 is 2.25 bits per heavy atom. The largest absolute Gasteiger partial charge is 0.480 e. The summed E-state index contributed by atoms with van der Waals surface area (Å²) in [7, 11) is -3.50. The molecular formula is C10H19NO4S. The molecule has 1 aliphatic rings.